The van der Waals surface area contributed by atoms with Crippen molar-refractivity contribution in [1.82, 2.24) is 9.55 Å². The summed E-state index contributed by atoms with van der Waals surface area (Å²) in [6.45, 7) is -0.796. The minimum atomic E-state index is -4.39. The highest BCUT2D eigenvalue weighted by Gasteiger charge is 2.28. The van der Waals surface area contributed by atoms with Gasteiger partial charge in [0.2, 0.25) is 5.95 Å². The molecular formula is C22H16BrClF3N3O. The van der Waals surface area contributed by atoms with Crippen LogP contribution < -0.4 is 10.1 Å². The van der Waals surface area contributed by atoms with E-state index in [4.69, 9.17) is 16.3 Å². The molecule has 31 heavy (non-hydrogen) atoms. The molecule has 1 aromatic heterocycles. The second kappa shape index (κ2) is 8.80. The number of alkyl halides is 3. The summed E-state index contributed by atoms with van der Waals surface area (Å²) in [5.41, 5.74) is 3.30. The molecule has 4 rings (SSSR count). The Morgan fingerprint density at radius 2 is 1.71 bits per heavy atom. The molecule has 0 atom stereocenters. The lowest BCUT2D eigenvalue weighted by Crippen LogP contribution is -2.19. The van der Waals surface area contributed by atoms with Crippen LogP contribution in [0.1, 0.15) is 5.56 Å². The van der Waals surface area contributed by atoms with E-state index in [2.05, 4.69) is 26.2 Å². The van der Waals surface area contributed by atoms with E-state index in [9.17, 15) is 13.2 Å². The number of aromatic nitrogens is 2. The highest BCUT2D eigenvalue weighted by atomic mass is 79.9. The average Bonchev–Trinajstić information content (AvgIpc) is 3.09. The van der Waals surface area contributed by atoms with Crippen LogP contribution in [-0.2, 0) is 6.54 Å². The van der Waals surface area contributed by atoms with Crippen molar-refractivity contribution in [3.8, 4) is 11.4 Å². The third-order valence-corrected chi connectivity index (χ3v) is 5.24. The van der Waals surface area contributed by atoms with E-state index in [0.717, 1.165) is 21.2 Å². The fourth-order valence-electron chi connectivity index (χ4n) is 3.07. The van der Waals surface area contributed by atoms with Crippen molar-refractivity contribution in [2.75, 3.05) is 11.9 Å². The molecule has 0 unspecified atom stereocenters. The Balaban J connectivity index is 1.65. The monoisotopic (exact) mass is 509 g/mol. The zero-order valence-electron chi connectivity index (χ0n) is 16.0. The van der Waals surface area contributed by atoms with Gasteiger partial charge in [-0.3, -0.25) is 4.57 Å². The Morgan fingerprint density at radius 3 is 2.39 bits per heavy atom. The van der Waals surface area contributed by atoms with Crippen molar-refractivity contribution in [2.45, 2.75) is 12.7 Å². The third kappa shape index (κ3) is 5.32. The van der Waals surface area contributed by atoms with E-state index in [0.29, 0.717) is 23.0 Å². The second-order valence-electron chi connectivity index (χ2n) is 6.78. The zero-order valence-corrected chi connectivity index (χ0v) is 18.3. The smallest absolute Gasteiger partial charge is 0.422 e. The Bertz CT molecular complexity index is 1190. The first-order chi connectivity index (χ1) is 14.8. The second-order valence-corrected chi connectivity index (χ2v) is 8.13. The molecule has 3 aromatic carbocycles. The van der Waals surface area contributed by atoms with Gasteiger partial charge in [-0.05, 0) is 60.2 Å². The van der Waals surface area contributed by atoms with Crippen LogP contribution in [0.3, 0.4) is 0 Å². The number of hydrogen-bond donors (Lipinski definition) is 1. The minimum absolute atomic E-state index is 0.137. The van der Waals surface area contributed by atoms with Crippen molar-refractivity contribution in [1.29, 1.82) is 0 Å². The predicted molar refractivity (Wildman–Crippen MR) is 119 cm³/mol. The molecule has 1 heterocycles. The summed E-state index contributed by atoms with van der Waals surface area (Å²) >= 11 is 9.54. The fourth-order valence-corrected chi connectivity index (χ4v) is 3.50. The SMILES string of the molecule is FC(F)(F)COc1ccc(-n2c(NCc3ccc(Br)cc3)nc3cc(Cl)ccc32)cc1. The number of benzene rings is 3. The van der Waals surface area contributed by atoms with Crippen LogP contribution in [0.5, 0.6) is 5.75 Å². The van der Waals surface area contributed by atoms with E-state index < -0.39 is 12.8 Å². The van der Waals surface area contributed by atoms with Gasteiger partial charge in [-0.1, -0.05) is 39.7 Å². The van der Waals surface area contributed by atoms with Gasteiger partial charge in [0.15, 0.2) is 6.61 Å². The molecule has 160 valence electrons. The number of nitrogens with one attached hydrogen (secondary N) is 1. The number of rotatable bonds is 6. The molecule has 9 heteroatoms. The van der Waals surface area contributed by atoms with E-state index in [1.165, 1.54) is 12.1 Å². The average molecular weight is 511 g/mol. The van der Waals surface area contributed by atoms with Gasteiger partial charge in [-0.15, -0.1) is 0 Å². The Labute approximate surface area is 189 Å². The van der Waals surface area contributed by atoms with Crippen molar-refractivity contribution >= 4 is 44.5 Å². The van der Waals surface area contributed by atoms with Crippen LogP contribution in [0.2, 0.25) is 5.02 Å². The summed E-state index contributed by atoms with van der Waals surface area (Å²) in [6.07, 6.45) is -4.39. The maximum absolute atomic E-state index is 12.4. The van der Waals surface area contributed by atoms with Crippen molar-refractivity contribution in [3.05, 3.63) is 81.8 Å². The van der Waals surface area contributed by atoms with Crippen LogP contribution in [0.4, 0.5) is 19.1 Å². The number of hydrogen-bond acceptors (Lipinski definition) is 3. The van der Waals surface area contributed by atoms with Crippen LogP contribution >= 0.6 is 27.5 Å². The Morgan fingerprint density at radius 1 is 1.00 bits per heavy atom. The maximum Gasteiger partial charge on any atom is 0.422 e. The number of fused-ring (bicyclic) bond motifs is 1. The number of nitrogens with zero attached hydrogens (tertiary/aromatic N) is 2. The zero-order chi connectivity index (χ0) is 22.0. The summed E-state index contributed by atoms with van der Waals surface area (Å²) in [4.78, 5) is 4.65. The fraction of sp³-hybridized carbons (Fsp3) is 0.136. The Kier molecular flexibility index (Phi) is 6.11. The van der Waals surface area contributed by atoms with Gasteiger partial charge in [-0.2, -0.15) is 13.2 Å². The molecule has 0 saturated heterocycles. The molecule has 0 fully saturated rings. The molecule has 1 N–H and O–H groups in total. The van der Waals surface area contributed by atoms with Gasteiger partial charge in [0.05, 0.1) is 11.0 Å². The maximum atomic E-state index is 12.4. The summed E-state index contributed by atoms with van der Waals surface area (Å²) in [5.74, 6) is 0.724. The predicted octanol–water partition coefficient (Wildman–Crippen LogP) is 6.99. The summed E-state index contributed by atoms with van der Waals surface area (Å²) in [5, 5.41) is 3.89. The number of ether oxygens (including phenoxy) is 1. The number of anilines is 1. The van der Waals surface area contributed by atoms with Gasteiger partial charge in [0, 0.05) is 21.7 Å². The first-order valence-corrected chi connectivity index (χ1v) is 10.4. The lowest BCUT2D eigenvalue weighted by molar-refractivity contribution is -0.153. The largest absolute Gasteiger partial charge is 0.484 e. The van der Waals surface area contributed by atoms with Gasteiger partial charge < -0.3 is 10.1 Å². The highest BCUT2D eigenvalue weighted by Crippen LogP contribution is 2.29. The van der Waals surface area contributed by atoms with Crippen LogP contribution in [0.15, 0.2) is 71.2 Å². The van der Waals surface area contributed by atoms with Crippen LogP contribution in [-0.4, -0.2) is 22.3 Å². The van der Waals surface area contributed by atoms with Crippen LogP contribution in [0, 0.1) is 0 Å². The van der Waals surface area contributed by atoms with Crippen molar-refractivity contribution in [3.63, 3.8) is 0 Å². The number of halogens is 5. The standard InChI is InChI=1S/C22H16BrClF3N3O/c23-15-3-1-14(2-4-15)12-28-21-29-19-11-16(24)5-10-20(19)30(21)17-6-8-18(9-7-17)31-13-22(25,26)27/h1-11H,12-13H2,(H,28,29). The summed E-state index contributed by atoms with van der Waals surface area (Å²) in [6, 6.07) is 19.7. The Hall–Kier alpha value is -2.71. The van der Waals surface area contributed by atoms with E-state index in [1.54, 1.807) is 24.3 Å². The van der Waals surface area contributed by atoms with Gasteiger partial charge in [0.1, 0.15) is 5.75 Å². The summed E-state index contributed by atoms with van der Waals surface area (Å²) < 4.78 is 44.9. The van der Waals surface area contributed by atoms with Gasteiger partial charge in [-0.25, -0.2) is 4.98 Å². The lowest BCUT2D eigenvalue weighted by Gasteiger charge is -2.13. The number of imidazole rings is 1. The first kappa shape index (κ1) is 21.5. The third-order valence-electron chi connectivity index (χ3n) is 4.48. The first-order valence-electron chi connectivity index (χ1n) is 9.25. The molecule has 4 aromatic rings. The molecule has 0 amide bonds. The van der Waals surface area contributed by atoms with Crippen molar-refractivity contribution in [2.24, 2.45) is 0 Å². The van der Waals surface area contributed by atoms with E-state index in [-0.39, 0.29) is 5.75 Å². The molecule has 0 bridgehead atoms. The normalized spacial score (nSPS) is 11.6. The van der Waals surface area contributed by atoms with E-state index in [1.807, 2.05) is 34.9 Å². The molecular weight excluding hydrogens is 495 g/mol. The summed E-state index contributed by atoms with van der Waals surface area (Å²) in [7, 11) is 0. The molecule has 0 aliphatic carbocycles. The van der Waals surface area contributed by atoms with Gasteiger partial charge >= 0.3 is 6.18 Å². The molecule has 0 saturated carbocycles. The van der Waals surface area contributed by atoms with Crippen molar-refractivity contribution < 1.29 is 17.9 Å². The molecule has 0 radical (unpaired) electrons. The van der Waals surface area contributed by atoms with Gasteiger partial charge in [0.25, 0.3) is 0 Å². The minimum Gasteiger partial charge on any atom is -0.484 e. The van der Waals surface area contributed by atoms with E-state index >= 15 is 0 Å². The molecule has 0 aliphatic heterocycles. The quantitative estimate of drug-likeness (QED) is 0.304. The lowest BCUT2D eigenvalue weighted by atomic mass is 10.2. The highest BCUT2D eigenvalue weighted by molar-refractivity contribution is 9.10. The topological polar surface area (TPSA) is 39.1 Å². The van der Waals surface area contributed by atoms with Crippen LogP contribution in [0.25, 0.3) is 16.7 Å². The molecule has 0 aliphatic rings. The molecule has 4 nitrogen and oxygen atoms in total. The molecule has 0 spiro atoms.